The molecule has 0 radical (unpaired) electrons. The Morgan fingerprint density at radius 3 is 2.45 bits per heavy atom. The van der Waals surface area contributed by atoms with Crippen LogP contribution in [0.15, 0.2) is 60.9 Å². The molecule has 1 aromatic heterocycles. The number of aromatic nitrogens is 2. The van der Waals surface area contributed by atoms with Crippen LogP contribution in [0.3, 0.4) is 0 Å². The standard InChI is InChI=1S/C26H31N3O2/c1-28-13-12-27-25(28)26(30)22-9-5-10-23(26)18-29(17-22)16-19-6-3-7-20(14-19)21-8-4-11-24(15-21)31-2/h3-4,6-8,11-15,22-23,30H,5,9-10,16-18H2,1-2H3. The number of likely N-dealkylation sites (tertiary alicyclic amines) is 1. The van der Waals surface area contributed by atoms with Crippen LogP contribution >= 0.6 is 0 Å². The van der Waals surface area contributed by atoms with Gasteiger partial charge in [0, 0.05) is 50.9 Å². The third-order valence-corrected chi connectivity index (χ3v) is 7.22. The van der Waals surface area contributed by atoms with Gasteiger partial charge in [-0.3, -0.25) is 4.90 Å². The number of aryl methyl sites for hydroxylation is 1. The van der Waals surface area contributed by atoms with Crippen LogP contribution in [0.2, 0.25) is 0 Å². The van der Waals surface area contributed by atoms with Crippen LogP contribution in [-0.4, -0.2) is 39.8 Å². The number of methoxy groups -OCH3 is 1. The van der Waals surface area contributed by atoms with Gasteiger partial charge in [-0.2, -0.15) is 0 Å². The molecule has 2 unspecified atom stereocenters. The molecule has 5 nitrogen and oxygen atoms in total. The first kappa shape index (κ1) is 20.3. The molecule has 0 amide bonds. The number of rotatable bonds is 5. The fourth-order valence-electron chi connectivity index (χ4n) is 5.70. The first-order valence-corrected chi connectivity index (χ1v) is 11.2. The number of ether oxygens (including phenoxy) is 1. The molecule has 2 heterocycles. The van der Waals surface area contributed by atoms with Gasteiger partial charge in [-0.1, -0.05) is 36.8 Å². The van der Waals surface area contributed by atoms with Gasteiger partial charge < -0.3 is 14.4 Å². The second kappa shape index (κ2) is 8.13. The monoisotopic (exact) mass is 417 g/mol. The fourth-order valence-corrected chi connectivity index (χ4v) is 5.70. The summed E-state index contributed by atoms with van der Waals surface area (Å²) in [6.45, 7) is 2.72. The average Bonchev–Trinajstić information content (AvgIpc) is 3.21. The second-order valence-corrected chi connectivity index (χ2v) is 9.14. The number of piperidine rings is 1. The lowest BCUT2D eigenvalue weighted by molar-refractivity contribution is -0.155. The van der Waals surface area contributed by atoms with Gasteiger partial charge in [-0.15, -0.1) is 0 Å². The summed E-state index contributed by atoms with van der Waals surface area (Å²) in [6, 6.07) is 17.0. The predicted octanol–water partition coefficient (Wildman–Crippen LogP) is 4.22. The van der Waals surface area contributed by atoms with E-state index in [0.29, 0.717) is 0 Å². The Kier molecular flexibility index (Phi) is 5.32. The minimum atomic E-state index is -0.810. The molecule has 162 valence electrons. The fraction of sp³-hybridized carbons (Fsp3) is 0.423. The molecule has 2 aromatic carbocycles. The van der Waals surface area contributed by atoms with E-state index in [4.69, 9.17) is 4.74 Å². The third-order valence-electron chi connectivity index (χ3n) is 7.22. The first-order chi connectivity index (χ1) is 15.1. The molecule has 0 spiro atoms. The average molecular weight is 418 g/mol. The van der Waals surface area contributed by atoms with E-state index in [0.717, 1.165) is 44.0 Å². The quantitative estimate of drug-likeness (QED) is 0.676. The van der Waals surface area contributed by atoms with Gasteiger partial charge in [-0.25, -0.2) is 4.98 Å². The van der Waals surface area contributed by atoms with Crippen molar-refractivity contribution in [3.8, 4) is 16.9 Å². The van der Waals surface area contributed by atoms with Crippen molar-refractivity contribution in [3.05, 3.63) is 72.3 Å². The van der Waals surface area contributed by atoms with Gasteiger partial charge >= 0.3 is 0 Å². The van der Waals surface area contributed by atoms with Crippen LogP contribution < -0.4 is 4.74 Å². The summed E-state index contributed by atoms with van der Waals surface area (Å²) >= 11 is 0. The van der Waals surface area contributed by atoms with E-state index in [2.05, 4.69) is 46.3 Å². The summed E-state index contributed by atoms with van der Waals surface area (Å²) in [5, 5.41) is 11.8. The number of imidazole rings is 1. The Balaban J connectivity index is 1.36. The molecule has 1 saturated heterocycles. The van der Waals surface area contributed by atoms with Crippen LogP contribution in [0.25, 0.3) is 11.1 Å². The molecular formula is C26H31N3O2. The normalized spacial score (nSPS) is 26.0. The van der Waals surface area contributed by atoms with Gasteiger partial charge in [0.1, 0.15) is 17.2 Å². The minimum Gasteiger partial charge on any atom is -0.497 e. The van der Waals surface area contributed by atoms with E-state index in [1.165, 1.54) is 23.1 Å². The number of hydrogen-bond donors (Lipinski definition) is 1. The molecule has 2 aliphatic rings. The van der Waals surface area contributed by atoms with Crippen LogP contribution in [0.4, 0.5) is 0 Å². The highest BCUT2D eigenvalue weighted by Gasteiger charge is 2.53. The van der Waals surface area contributed by atoms with E-state index in [-0.39, 0.29) is 11.8 Å². The highest BCUT2D eigenvalue weighted by molar-refractivity contribution is 5.65. The van der Waals surface area contributed by atoms with Crippen molar-refractivity contribution in [1.29, 1.82) is 0 Å². The van der Waals surface area contributed by atoms with E-state index >= 15 is 0 Å². The molecule has 1 aliphatic carbocycles. The molecule has 3 aromatic rings. The van der Waals surface area contributed by atoms with Gasteiger partial charge in [0.2, 0.25) is 0 Å². The lowest BCUT2D eigenvalue weighted by Gasteiger charge is -2.52. The predicted molar refractivity (Wildman–Crippen MR) is 122 cm³/mol. The maximum atomic E-state index is 11.8. The first-order valence-electron chi connectivity index (χ1n) is 11.2. The summed E-state index contributed by atoms with van der Waals surface area (Å²) < 4.78 is 7.39. The summed E-state index contributed by atoms with van der Waals surface area (Å²) in [5.41, 5.74) is 2.87. The molecule has 1 N–H and O–H groups in total. The largest absolute Gasteiger partial charge is 0.497 e. The van der Waals surface area contributed by atoms with Crippen molar-refractivity contribution >= 4 is 0 Å². The number of fused-ring (bicyclic) bond motifs is 2. The molecule has 1 saturated carbocycles. The van der Waals surface area contributed by atoms with Crippen LogP contribution in [0.5, 0.6) is 5.75 Å². The SMILES string of the molecule is COc1cccc(-c2cccc(CN3CC4CCCC(C3)C4(O)c3nccn3C)c2)c1. The summed E-state index contributed by atoms with van der Waals surface area (Å²) in [4.78, 5) is 7.07. The maximum Gasteiger partial charge on any atom is 0.141 e. The van der Waals surface area contributed by atoms with Gasteiger partial charge in [0.15, 0.2) is 0 Å². The van der Waals surface area contributed by atoms with E-state index < -0.39 is 5.60 Å². The Morgan fingerprint density at radius 2 is 1.77 bits per heavy atom. The number of aliphatic hydroxyl groups is 1. The third kappa shape index (κ3) is 3.66. The molecule has 5 heteroatoms. The number of hydrogen-bond acceptors (Lipinski definition) is 4. The van der Waals surface area contributed by atoms with Crippen LogP contribution in [0, 0.1) is 11.8 Å². The zero-order valence-corrected chi connectivity index (χ0v) is 18.4. The van der Waals surface area contributed by atoms with Crippen molar-refractivity contribution in [2.24, 2.45) is 18.9 Å². The Morgan fingerprint density at radius 1 is 1.06 bits per heavy atom. The Bertz CT molecular complexity index is 1050. The lowest BCUT2D eigenvalue weighted by atomic mass is 9.65. The minimum absolute atomic E-state index is 0.225. The molecule has 2 fully saturated rings. The van der Waals surface area contributed by atoms with Gasteiger partial charge in [-0.05, 0) is 47.7 Å². The number of nitrogens with zero attached hydrogens (tertiary/aromatic N) is 3. The van der Waals surface area contributed by atoms with Crippen molar-refractivity contribution in [2.75, 3.05) is 20.2 Å². The summed E-state index contributed by atoms with van der Waals surface area (Å²) in [5.74, 6) is 2.16. The molecule has 2 atom stereocenters. The van der Waals surface area contributed by atoms with Gasteiger partial charge in [0.25, 0.3) is 0 Å². The highest BCUT2D eigenvalue weighted by atomic mass is 16.5. The molecule has 5 rings (SSSR count). The second-order valence-electron chi connectivity index (χ2n) is 9.14. The molecule has 1 aliphatic heterocycles. The van der Waals surface area contributed by atoms with Crippen molar-refractivity contribution < 1.29 is 9.84 Å². The molecule has 31 heavy (non-hydrogen) atoms. The zero-order valence-electron chi connectivity index (χ0n) is 18.4. The van der Waals surface area contributed by atoms with Crippen molar-refractivity contribution in [2.45, 2.75) is 31.4 Å². The summed E-state index contributed by atoms with van der Waals surface area (Å²) in [6.07, 6.45) is 7.06. The maximum absolute atomic E-state index is 11.8. The summed E-state index contributed by atoms with van der Waals surface area (Å²) in [7, 11) is 3.70. The van der Waals surface area contributed by atoms with Crippen LogP contribution in [-0.2, 0) is 19.2 Å². The van der Waals surface area contributed by atoms with E-state index in [1.54, 1.807) is 13.3 Å². The van der Waals surface area contributed by atoms with Crippen molar-refractivity contribution in [3.63, 3.8) is 0 Å². The number of benzene rings is 2. The van der Waals surface area contributed by atoms with Crippen LogP contribution in [0.1, 0.15) is 30.7 Å². The Labute approximate surface area is 184 Å². The zero-order chi connectivity index (χ0) is 21.4. The van der Waals surface area contributed by atoms with Crippen molar-refractivity contribution in [1.82, 2.24) is 14.5 Å². The highest BCUT2D eigenvalue weighted by Crippen LogP contribution is 2.48. The smallest absolute Gasteiger partial charge is 0.141 e. The van der Waals surface area contributed by atoms with Gasteiger partial charge in [0.05, 0.1) is 7.11 Å². The topological polar surface area (TPSA) is 50.5 Å². The van der Waals surface area contributed by atoms with E-state index in [1.807, 2.05) is 29.9 Å². The molecular weight excluding hydrogens is 386 g/mol. The molecule has 2 bridgehead atoms. The lowest BCUT2D eigenvalue weighted by Crippen LogP contribution is -2.58. The van der Waals surface area contributed by atoms with E-state index in [9.17, 15) is 5.11 Å². The Hall–Kier alpha value is -2.63.